The number of rotatable bonds is 3. The molecule has 0 atom stereocenters. The third-order valence-corrected chi connectivity index (χ3v) is 6.13. The standard InChI is InChI=1S/C21H25ClN4O2/c22-19-18(20(23)27)16-13-25(21(28)24-14-7-3-1-4-8-14)12-11-17(16)26(19)15-9-5-2-6-10-15/h2,5-6,9-10,14H,1,3-4,7-8,11-13H2,(H2,23,27)(H,24,28). The average Bonchev–Trinajstić information content (AvgIpc) is 3.00. The number of nitrogens with two attached hydrogens (primary N) is 1. The van der Waals surface area contributed by atoms with Gasteiger partial charge in [-0.05, 0) is 25.0 Å². The van der Waals surface area contributed by atoms with E-state index in [9.17, 15) is 9.59 Å². The maximum atomic E-state index is 12.8. The van der Waals surface area contributed by atoms with E-state index in [1.165, 1.54) is 6.42 Å². The van der Waals surface area contributed by atoms with Gasteiger partial charge in [0.1, 0.15) is 5.15 Å². The van der Waals surface area contributed by atoms with Crippen LogP contribution in [-0.4, -0.2) is 34.0 Å². The number of hydrogen-bond donors (Lipinski definition) is 2. The number of halogens is 1. The molecule has 1 saturated carbocycles. The average molecular weight is 401 g/mol. The van der Waals surface area contributed by atoms with Crippen LogP contribution in [0.4, 0.5) is 4.79 Å². The molecule has 2 aliphatic rings. The van der Waals surface area contributed by atoms with Crippen LogP contribution in [0.2, 0.25) is 5.15 Å². The molecule has 28 heavy (non-hydrogen) atoms. The number of nitrogens with zero attached hydrogens (tertiary/aromatic N) is 2. The molecule has 1 aromatic heterocycles. The second-order valence-electron chi connectivity index (χ2n) is 7.58. The van der Waals surface area contributed by atoms with Gasteiger partial charge >= 0.3 is 6.03 Å². The van der Waals surface area contributed by atoms with Crippen LogP contribution >= 0.6 is 11.6 Å². The molecule has 2 aromatic rings. The topological polar surface area (TPSA) is 80.4 Å². The van der Waals surface area contributed by atoms with Crippen molar-refractivity contribution in [2.24, 2.45) is 5.73 Å². The number of benzene rings is 1. The van der Waals surface area contributed by atoms with Crippen molar-refractivity contribution in [2.75, 3.05) is 6.54 Å². The molecule has 1 aliphatic carbocycles. The second kappa shape index (κ2) is 7.87. The maximum absolute atomic E-state index is 12.8. The van der Waals surface area contributed by atoms with E-state index in [0.717, 1.165) is 42.6 Å². The van der Waals surface area contributed by atoms with Crippen molar-refractivity contribution in [3.8, 4) is 5.69 Å². The van der Waals surface area contributed by atoms with Gasteiger partial charge in [0.25, 0.3) is 5.91 Å². The number of para-hydroxylation sites is 1. The minimum Gasteiger partial charge on any atom is -0.365 e. The third-order valence-electron chi connectivity index (χ3n) is 5.77. The Kier molecular flexibility index (Phi) is 5.31. The van der Waals surface area contributed by atoms with E-state index in [4.69, 9.17) is 17.3 Å². The third kappa shape index (κ3) is 3.49. The van der Waals surface area contributed by atoms with Crippen LogP contribution in [0.5, 0.6) is 0 Å². The molecular formula is C21H25ClN4O2. The van der Waals surface area contributed by atoms with Crippen molar-refractivity contribution in [3.05, 3.63) is 52.3 Å². The van der Waals surface area contributed by atoms with E-state index in [1.54, 1.807) is 4.90 Å². The number of amides is 3. The van der Waals surface area contributed by atoms with E-state index >= 15 is 0 Å². The van der Waals surface area contributed by atoms with E-state index in [1.807, 2.05) is 34.9 Å². The van der Waals surface area contributed by atoms with Gasteiger partial charge in [0.05, 0.1) is 12.1 Å². The van der Waals surface area contributed by atoms with Gasteiger partial charge in [-0.25, -0.2) is 4.79 Å². The Morgan fingerprint density at radius 2 is 1.82 bits per heavy atom. The molecule has 1 fully saturated rings. The fourth-order valence-corrected chi connectivity index (χ4v) is 4.77. The molecule has 0 bridgehead atoms. The largest absolute Gasteiger partial charge is 0.365 e. The molecule has 3 N–H and O–H groups in total. The molecule has 0 radical (unpaired) electrons. The number of hydrogen-bond acceptors (Lipinski definition) is 2. The molecule has 148 valence electrons. The van der Waals surface area contributed by atoms with Crippen LogP contribution in [-0.2, 0) is 13.0 Å². The van der Waals surface area contributed by atoms with Gasteiger partial charge in [-0.2, -0.15) is 0 Å². The van der Waals surface area contributed by atoms with E-state index < -0.39 is 5.91 Å². The maximum Gasteiger partial charge on any atom is 0.317 e. The molecule has 6 nitrogen and oxygen atoms in total. The highest BCUT2D eigenvalue weighted by Crippen LogP contribution is 2.34. The molecule has 3 amide bonds. The lowest BCUT2D eigenvalue weighted by atomic mass is 9.95. The van der Waals surface area contributed by atoms with Crippen molar-refractivity contribution in [1.29, 1.82) is 0 Å². The molecule has 2 heterocycles. The lowest BCUT2D eigenvalue weighted by Gasteiger charge is -2.31. The van der Waals surface area contributed by atoms with Gasteiger partial charge in [0.15, 0.2) is 0 Å². The van der Waals surface area contributed by atoms with Gasteiger partial charge in [-0.3, -0.25) is 4.79 Å². The summed E-state index contributed by atoms with van der Waals surface area (Å²) in [4.78, 5) is 26.7. The fourth-order valence-electron chi connectivity index (χ4n) is 4.36. The minimum atomic E-state index is -0.564. The smallest absolute Gasteiger partial charge is 0.317 e. The number of aromatic nitrogens is 1. The second-order valence-corrected chi connectivity index (χ2v) is 7.94. The van der Waals surface area contributed by atoms with E-state index in [2.05, 4.69) is 5.32 Å². The highest BCUT2D eigenvalue weighted by molar-refractivity contribution is 6.33. The van der Waals surface area contributed by atoms with Crippen LogP contribution in [0, 0.1) is 0 Å². The summed E-state index contributed by atoms with van der Waals surface area (Å²) in [5, 5.41) is 3.47. The Morgan fingerprint density at radius 3 is 2.50 bits per heavy atom. The highest BCUT2D eigenvalue weighted by atomic mass is 35.5. The van der Waals surface area contributed by atoms with Crippen molar-refractivity contribution >= 4 is 23.5 Å². The van der Waals surface area contributed by atoms with E-state index in [0.29, 0.717) is 30.2 Å². The summed E-state index contributed by atoms with van der Waals surface area (Å²) in [7, 11) is 0. The van der Waals surface area contributed by atoms with Crippen molar-refractivity contribution in [1.82, 2.24) is 14.8 Å². The highest BCUT2D eigenvalue weighted by Gasteiger charge is 2.32. The van der Waals surface area contributed by atoms with E-state index in [-0.39, 0.29) is 12.1 Å². The number of carbonyl (C=O) groups is 2. The number of nitrogens with one attached hydrogen (secondary N) is 1. The van der Waals surface area contributed by atoms with Gasteiger partial charge < -0.3 is 20.5 Å². The zero-order valence-corrected chi connectivity index (χ0v) is 16.5. The number of fused-ring (bicyclic) bond motifs is 1. The normalized spacial score (nSPS) is 17.2. The lowest BCUT2D eigenvalue weighted by Crippen LogP contribution is -2.47. The Morgan fingerprint density at radius 1 is 1.11 bits per heavy atom. The molecule has 1 aromatic carbocycles. The zero-order chi connectivity index (χ0) is 19.7. The predicted molar refractivity (Wildman–Crippen MR) is 109 cm³/mol. The van der Waals surface area contributed by atoms with Crippen LogP contribution in [0.15, 0.2) is 30.3 Å². The first-order valence-electron chi connectivity index (χ1n) is 9.89. The van der Waals surface area contributed by atoms with Gasteiger partial charge in [0, 0.05) is 36.0 Å². The number of primary amides is 1. The molecular weight excluding hydrogens is 376 g/mol. The van der Waals surface area contributed by atoms with Crippen molar-refractivity contribution in [3.63, 3.8) is 0 Å². The number of urea groups is 1. The summed E-state index contributed by atoms with van der Waals surface area (Å²) in [5.41, 5.74) is 8.55. The Hall–Kier alpha value is -2.47. The van der Waals surface area contributed by atoms with Crippen LogP contribution in [0.25, 0.3) is 5.69 Å². The first kappa shape index (κ1) is 18.9. The minimum absolute atomic E-state index is 0.0726. The monoisotopic (exact) mass is 400 g/mol. The first-order valence-corrected chi connectivity index (χ1v) is 10.3. The number of carbonyl (C=O) groups excluding carboxylic acids is 2. The summed E-state index contributed by atoms with van der Waals surface area (Å²) in [6, 6.07) is 9.84. The summed E-state index contributed by atoms with van der Waals surface area (Å²) < 4.78 is 1.88. The zero-order valence-electron chi connectivity index (χ0n) is 15.8. The Bertz CT molecular complexity index is 888. The van der Waals surface area contributed by atoms with Gasteiger partial charge in [0.2, 0.25) is 0 Å². The molecule has 0 unspecified atom stereocenters. The molecule has 1 aliphatic heterocycles. The molecule has 0 saturated heterocycles. The Balaban J connectivity index is 1.62. The van der Waals surface area contributed by atoms with Crippen molar-refractivity contribution in [2.45, 2.75) is 51.1 Å². The molecule has 4 rings (SSSR count). The molecule has 0 spiro atoms. The summed E-state index contributed by atoms with van der Waals surface area (Å²) in [5.74, 6) is -0.564. The summed E-state index contributed by atoms with van der Waals surface area (Å²) in [6.45, 7) is 0.919. The SMILES string of the molecule is NC(=O)c1c2c(n(-c3ccccc3)c1Cl)CCN(C(=O)NC1CCCCC1)C2. The first-order chi connectivity index (χ1) is 13.6. The lowest BCUT2D eigenvalue weighted by molar-refractivity contribution is 0.0998. The van der Waals surface area contributed by atoms with Crippen LogP contribution < -0.4 is 11.1 Å². The quantitative estimate of drug-likeness (QED) is 0.824. The van der Waals surface area contributed by atoms with Crippen LogP contribution in [0.3, 0.4) is 0 Å². The molecule has 7 heteroatoms. The fraction of sp³-hybridized carbons (Fsp3) is 0.429. The summed E-state index contributed by atoms with van der Waals surface area (Å²) >= 11 is 6.58. The summed E-state index contributed by atoms with van der Waals surface area (Å²) in [6.07, 6.45) is 6.26. The predicted octanol–water partition coefficient (Wildman–Crippen LogP) is 3.63. The van der Waals surface area contributed by atoms with Gasteiger partial charge in [-0.1, -0.05) is 49.1 Å². The van der Waals surface area contributed by atoms with Crippen LogP contribution in [0.1, 0.15) is 53.7 Å². The Labute approximate surface area is 169 Å². The van der Waals surface area contributed by atoms with Gasteiger partial charge in [-0.15, -0.1) is 0 Å². The van der Waals surface area contributed by atoms with Crippen molar-refractivity contribution < 1.29 is 9.59 Å².